The summed E-state index contributed by atoms with van der Waals surface area (Å²) in [6.45, 7) is 3.72. The number of para-hydroxylation sites is 2. The van der Waals surface area contributed by atoms with E-state index in [2.05, 4.69) is 17.1 Å². The number of amides is 2. The number of hydrogen-bond donors (Lipinski definition) is 1. The molecule has 0 radical (unpaired) electrons. The van der Waals surface area contributed by atoms with Crippen LogP contribution in [0.15, 0.2) is 47.1 Å². The van der Waals surface area contributed by atoms with E-state index in [-0.39, 0.29) is 12.1 Å². The van der Waals surface area contributed by atoms with Crippen molar-refractivity contribution in [3.63, 3.8) is 0 Å². The molecule has 23 heavy (non-hydrogen) atoms. The van der Waals surface area contributed by atoms with E-state index in [1.807, 2.05) is 48.3 Å². The molecule has 1 aliphatic heterocycles. The zero-order chi connectivity index (χ0) is 16.2. The van der Waals surface area contributed by atoms with Crippen LogP contribution >= 0.6 is 0 Å². The number of carbonyl (C=O) groups is 1. The van der Waals surface area contributed by atoms with Gasteiger partial charge in [0.25, 0.3) is 0 Å². The monoisotopic (exact) mass is 313 g/mol. The van der Waals surface area contributed by atoms with Crippen LogP contribution in [0.4, 0.5) is 16.2 Å². The lowest BCUT2D eigenvalue weighted by atomic mass is 10.2. The largest absolute Gasteiger partial charge is 0.467 e. The van der Waals surface area contributed by atoms with Crippen molar-refractivity contribution in [2.45, 2.75) is 25.8 Å². The molecule has 0 bridgehead atoms. The number of benzene rings is 1. The molecule has 122 valence electrons. The van der Waals surface area contributed by atoms with Crippen LogP contribution < -0.4 is 10.2 Å². The Kier molecular flexibility index (Phi) is 4.55. The summed E-state index contributed by atoms with van der Waals surface area (Å²) in [7, 11) is 2.02. The third kappa shape index (κ3) is 3.18. The summed E-state index contributed by atoms with van der Waals surface area (Å²) in [5.41, 5.74) is 1.86. The maximum atomic E-state index is 12.7. The molecule has 1 fully saturated rings. The quantitative estimate of drug-likeness (QED) is 0.924. The van der Waals surface area contributed by atoms with Gasteiger partial charge >= 0.3 is 6.03 Å². The van der Waals surface area contributed by atoms with Gasteiger partial charge in [-0.15, -0.1) is 0 Å². The topological polar surface area (TPSA) is 48.7 Å². The number of anilines is 2. The predicted molar refractivity (Wildman–Crippen MR) is 91.8 cm³/mol. The standard InChI is InChI=1S/C18H23N3O2/c1-3-20(2)15-9-5-4-8-14(15)19-18(22)21-12-6-10-16(21)17-11-7-13-23-17/h4-5,7-9,11,13,16H,3,6,10,12H2,1-2H3,(H,19,22). The molecule has 2 amide bonds. The highest BCUT2D eigenvalue weighted by Gasteiger charge is 2.32. The first-order valence-electron chi connectivity index (χ1n) is 8.12. The number of rotatable bonds is 4. The number of hydrogen-bond acceptors (Lipinski definition) is 3. The van der Waals surface area contributed by atoms with Gasteiger partial charge in [0.05, 0.1) is 23.7 Å². The van der Waals surface area contributed by atoms with Gasteiger partial charge in [-0.1, -0.05) is 12.1 Å². The minimum atomic E-state index is -0.0687. The molecule has 0 aliphatic carbocycles. The first-order valence-corrected chi connectivity index (χ1v) is 8.12. The summed E-state index contributed by atoms with van der Waals surface area (Å²) in [4.78, 5) is 16.7. The molecule has 2 heterocycles. The Labute approximate surface area is 136 Å². The van der Waals surface area contributed by atoms with Gasteiger partial charge in [0.1, 0.15) is 5.76 Å². The fraction of sp³-hybridized carbons (Fsp3) is 0.389. The van der Waals surface area contributed by atoms with Gasteiger partial charge in [0.15, 0.2) is 0 Å². The Morgan fingerprint density at radius 3 is 2.91 bits per heavy atom. The average molecular weight is 313 g/mol. The van der Waals surface area contributed by atoms with Crippen LogP contribution in [0.5, 0.6) is 0 Å². The lowest BCUT2D eigenvalue weighted by molar-refractivity contribution is 0.200. The van der Waals surface area contributed by atoms with Crippen molar-refractivity contribution in [3.8, 4) is 0 Å². The van der Waals surface area contributed by atoms with Crippen LogP contribution in [0.25, 0.3) is 0 Å². The first-order chi connectivity index (χ1) is 11.2. The lowest BCUT2D eigenvalue weighted by Crippen LogP contribution is -2.34. The zero-order valence-electron chi connectivity index (χ0n) is 13.7. The average Bonchev–Trinajstić information content (AvgIpc) is 3.25. The van der Waals surface area contributed by atoms with E-state index in [9.17, 15) is 4.79 Å². The summed E-state index contributed by atoms with van der Waals surface area (Å²) < 4.78 is 5.50. The summed E-state index contributed by atoms with van der Waals surface area (Å²) in [6.07, 6.45) is 3.60. The Morgan fingerprint density at radius 2 is 2.17 bits per heavy atom. The molecular formula is C18H23N3O2. The molecule has 2 aromatic rings. The molecule has 1 atom stereocenters. The molecule has 1 aromatic carbocycles. The molecule has 0 spiro atoms. The SMILES string of the molecule is CCN(C)c1ccccc1NC(=O)N1CCCC1c1ccco1. The third-order valence-corrected chi connectivity index (χ3v) is 4.42. The van der Waals surface area contributed by atoms with Crippen LogP contribution in [0.1, 0.15) is 31.6 Å². The van der Waals surface area contributed by atoms with E-state index in [1.165, 1.54) is 0 Å². The minimum Gasteiger partial charge on any atom is -0.467 e. The first kappa shape index (κ1) is 15.5. The fourth-order valence-electron chi connectivity index (χ4n) is 3.06. The van der Waals surface area contributed by atoms with Gasteiger partial charge in [0.2, 0.25) is 0 Å². The minimum absolute atomic E-state index is 0.0288. The molecule has 1 aliphatic rings. The number of furan rings is 1. The number of nitrogens with zero attached hydrogens (tertiary/aromatic N) is 2. The summed E-state index contributed by atoms with van der Waals surface area (Å²) >= 11 is 0. The Hall–Kier alpha value is -2.43. The van der Waals surface area contributed by atoms with Gasteiger partial charge in [-0.2, -0.15) is 0 Å². The van der Waals surface area contributed by atoms with Gasteiger partial charge in [-0.05, 0) is 44.0 Å². The highest BCUT2D eigenvalue weighted by molar-refractivity contribution is 5.93. The fourth-order valence-corrected chi connectivity index (χ4v) is 3.06. The molecule has 1 aromatic heterocycles. The molecule has 5 nitrogen and oxygen atoms in total. The molecule has 1 saturated heterocycles. The van der Waals surface area contributed by atoms with E-state index in [4.69, 9.17) is 4.42 Å². The second-order valence-corrected chi connectivity index (χ2v) is 5.83. The Balaban J connectivity index is 1.77. The number of urea groups is 1. The van der Waals surface area contributed by atoms with Gasteiger partial charge < -0.3 is 19.5 Å². The second-order valence-electron chi connectivity index (χ2n) is 5.83. The Morgan fingerprint density at radius 1 is 1.35 bits per heavy atom. The van der Waals surface area contributed by atoms with Crippen molar-refractivity contribution in [2.75, 3.05) is 30.4 Å². The number of likely N-dealkylation sites (tertiary alicyclic amines) is 1. The summed E-state index contributed by atoms with van der Waals surface area (Å²) in [5, 5.41) is 3.06. The number of carbonyl (C=O) groups excluding carboxylic acids is 1. The smallest absolute Gasteiger partial charge is 0.322 e. The van der Waals surface area contributed by atoms with E-state index in [1.54, 1.807) is 6.26 Å². The van der Waals surface area contributed by atoms with Gasteiger partial charge in [0, 0.05) is 20.1 Å². The van der Waals surface area contributed by atoms with Crippen LogP contribution in [0.3, 0.4) is 0 Å². The van der Waals surface area contributed by atoms with Crippen molar-refractivity contribution >= 4 is 17.4 Å². The van der Waals surface area contributed by atoms with Crippen molar-refractivity contribution in [2.24, 2.45) is 0 Å². The van der Waals surface area contributed by atoms with Crippen LogP contribution in [-0.2, 0) is 0 Å². The highest BCUT2D eigenvalue weighted by Crippen LogP contribution is 2.33. The maximum absolute atomic E-state index is 12.7. The molecule has 1 N–H and O–H groups in total. The van der Waals surface area contributed by atoms with Crippen LogP contribution in [-0.4, -0.2) is 31.1 Å². The summed E-state index contributed by atoms with van der Waals surface area (Å²) in [6, 6.07) is 11.7. The van der Waals surface area contributed by atoms with E-state index in [0.29, 0.717) is 0 Å². The molecule has 5 heteroatoms. The normalized spacial score (nSPS) is 17.3. The molecule has 3 rings (SSSR count). The summed E-state index contributed by atoms with van der Waals surface area (Å²) in [5.74, 6) is 0.858. The van der Waals surface area contributed by atoms with Crippen LogP contribution in [0.2, 0.25) is 0 Å². The number of nitrogens with one attached hydrogen (secondary N) is 1. The van der Waals surface area contributed by atoms with Gasteiger partial charge in [-0.25, -0.2) is 4.79 Å². The lowest BCUT2D eigenvalue weighted by Gasteiger charge is -2.26. The van der Waals surface area contributed by atoms with E-state index < -0.39 is 0 Å². The van der Waals surface area contributed by atoms with Crippen molar-refractivity contribution in [1.29, 1.82) is 0 Å². The second kappa shape index (κ2) is 6.77. The molecule has 1 unspecified atom stereocenters. The van der Waals surface area contributed by atoms with Crippen molar-refractivity contribution < 1.29 is 9.21 Å². The van der Waals surface area contributed by atoms with Gasteiger partial charge in [-0.3, -0.25) is 0 Å². The third-order valence-electron chi connectivity index (χ3n) is 4.42. The maximum Gasteiger partial charge on any atom is 0.322 e. The van der Waals surface area contributed by atoms with Crippen molar-refractivity contribution in [1.82, 2.24) is 4.90 Å². The zero-order valence-corrected chi connectivity index (χ0v) is 13.7. The van der Waals surface area contributed by atoms with E-state index in [0.717, 1.165) is 43.1 Å². The predicted octanol–water partition coefficient (Wildman–Crippen LogP) is 4.10. The van der Waals surface area contributed by atoms with Crippen LogP contribution in [0, 0.1) is 0 Å². The Bertz CT molecular complexity index is 654. The molecule has 0 saturated carbocycles. The highest BCUT2D eigenvalue weighted by atomic mass is 16.3. The molecular weight excluding hydrogens is 290 g/mol. The van der Waals surface area contributed by atoms with Crippen molar-refractivity contribution in [3.05, 3.63) is 48.4 Å². The van der Waals surface area contributed by atoms with E-state index >= 15 is 0 Å².